The number of nitrogens with one attached hydrogen (secondary N) is 1. The molecule has 0 amide bonds. The largest absolute Gasteiger partial charge is 0.385 e. The number of pyridine rings is 1. The number of hydrogen-bond donors (Lipinski definition) is 2. The average Bonchev–Trinajstić information content (AvgIpc) is 2.04. The quantitative estimate of drug-likeness (QED) is 0.671. The normalized spacial score (nSPS) is 10.4. The smallest absolute Gasteiger partial charge is 0.271 e. The Morgan fingerprint density at radius 1 is 1.54 bits per heavy atom. The summed E-state index contributed by atoms with van der Waals surface area (Å²) in [5.41, 5.74) is 2.85. The molecule has 0 fully saturated rings. The van der Waals surface area contributed by atoms with Crippen molar-refractivity contribution in [2.24, 2.45) is 0 Å². The molecule has 6 heteroatoms. The van der Waals surface area contributed by atoms with Crippen molar-refractivity contribution in [3.05, 3.63) is 27.5 Å². The number of alkyl halides is 2. The average molecular weight is 188 g/mol. The van der Waals surface area contributed by atoms with E-state index in [4.69, 9.17) is 5.73 Å². The van der Waals surface area contributed by atoms with E-state index in [9.17, 15) is 18.4 Å². The summed E-state index contributed by atoms with van der Waals surface area (Å²) in [6.45, 7) is 0. The van der Waals surface area contributed by atoms with Crippen LogP contribution in [0.3, 0.4) is 0 Å². The first-order valence-corrected chi connectivity index (χ1v) is 3.32. The summed E-state index contributed by atoms with van der Waals surface area (Å²) in [5, 5.41) is 0. The summed E-state index contributed by atoms with van der Waals surface area (Å²) in [4.78, 5) is 23.5. The van der Waals surface area contributed by atoms with Crippen LogP contribution in [0.25, 0.3) is 0 Å². The molecule has 1 rings (SSSR count). The SMILES string of the molecule is Nc1[nH]cc(C=O)c(=O)c1C(F)F. The van der Waals surface area contributed by atoms with Crippen molar-refractivity contribution in [2.45, 2.75) is 6.43 Å². The van der Waals surface area contributed by atoms with Gasteiger partial charge in [-0.3, -0.25) is 9.59 Å². The Morgan fingerprint density at radius 2 is 2.15 bits per heavy atom. The minimum absolute atomic E-state index is 0.199. The van der Waals surface area contributed by atoms with E-state index in [0.29, 0.717) is 0 Å². The number of nitrogen functional groups attached to an aromatic ring is 1. The van der Waals surface area contributed by atoms with Gasteiger partial charge in [-0.2, -0.15) is 0 Å². The molecule has 4 nitrogen and oxygen atoms in total. The van der Waals surface area contributed by atoms with Gasteiger partial charge in [0.1, 0.15) is 11.4 Å². The number of H-pyrrole nitrogens is 1. The highest BCUT2D eigenvalue weighted by atomic mass is 19.3. The maximum atomic E-state index is 12.2. The molecule has 0 atom stereocenters. The van der Waals surface area contributed by atoms with Crippen LogP contribution in [-0.4, -0.2) is 11.3 Å². The Hall–Kier alpha value is -1.72. The van der Waals surface area contributed by atoms with Crippen molar-refractivity contribution in [3.8, 4) is 0 Å². The molecule has 0 aliphatic carbocycles. The van der Waals surface area contributed by atoms with E-state index < -0.39 is 23.2 Å². The number of anilines is 1. The second-order valence-electron chi connectivity index (χ2n) is 2.32. The van der Waals surface area contributed by atoms with Crippen LogP contribution in [0.4, 0.5) is 14.6 Å². The molecule has 1 aromatic rings. The molecule has 70 valence electrons. The number of carbonyl (C=O) groups excluding carboxylic acids is 1. The molecule has 3 N–H and O–H groups in total. The number of halogens is 2. The molecule has 0 aliphatic rings. The van der Waals surface area contributed by atoms with Gasteiger partial charge in [-0.25, -0.2) is 8.78 Å². The van der Waals surface area contributed by atoms with Crippen molar-refractivity contribution in [1.82, 2.24) is 4.98 Å². The van der Waals surface area contributed by atoms with Crippen LogP contribution in [0.1, 0.15) is 22.3 Å². The first-order valence-electron chi connectivity index (χ1n) is 3.32. The lowest BCUT2D eigenvalue weighted by atomic mass is 10.2. The summed E-state index contributed by atoms with van der Waals surface area (Å²) >= 11 is 0. The second-order valence-corrected chi connectivity index (χ2v) is 2.32. The summed E-state index contributed by atoms with van der Waals surface area (Å²) in [6.07, 6.45) is -1.79. The molecule has 0 spiro atoms. The van der Waals surface area contributed by atoms with E-state index in [0.717, 1.165) is 6.20 Å². The standard InChI is InChI=1S/C7H6F2N2O2/c8-6(9)4-5(13)3(2-12)1-11-7(4)10/h1-2,6H,(H3,10,11,13). The van der Waals surface area contributed by atoms with Gasteiger partial charge >= 0.3 is 0 Å². The molecule has 0 aromatic carbocycles. The first kappa shape index (κ1) is 9.37. The van der Waals surface area contributed by atoms with Gasteiger partial charge < -0.3 is 10.7 Å². The van der Waals surface area contributed by atoms with Crippen LogP contribution in [0.5, 0.6) is 0 Å². The van der Waals surface area contributed by atoms with Crippen molar-refractivity contribution in [1.29, 1.82) is 0 Å². The van der Waals surface area contributed by atoms with Crippen molar-refractivity contribution < 1.29 is 13.6 Å². The maximum Gasteiger partial charge on any atom is 0.271 e. The van der Waals surface area contributed by atoms with Crippen LogP contribution < -0.4 is 11.2 Å². The molecule has 0 unspecified atom stereocenters. The summed E-state index contributed by atoms with van der Waals surface area (Å²) in [7, 11) is 0. The van der Waals surface area contributed by atoms with Gasteiger partial charge in [0.05, 0.1) is 5.56 Å². The van der Waals surface area contributed by atoms with Crippen LogP contribution in [0.2, 0.25) is 0 Å². The fraction of sp³-hybridized carbons (Fsp3) is 0.143. The van der Waals surface area contributed by atoms with Crippen molar-refractivity contribution >= 4 is 12.1 Å². The van der Waals surface area contributed by atoms with Gasteiger partial charge in [0.25, 0.3) is 6.43 Å². The monoisotopic (exact) mass is 188 g/mol. The van der Waals surface area contributed by atoms with Gasteiger partial charge in [-0.1, -0.05) is 0 Å². The lowest BCUT2D eigenvalue weighted by Crippen LogP contribution is -2.18. The Bertz CT molecular complexity index is 387. The predicted octanol–water partition coefficient (Wildman–Crippen LogP) is 0.707. The van der Waals surface area contributed by atoms with Gasteiger partial charge in [0.15, 0.2) is 6.29 Å². The third-order valence-corrected chi connectivity index (χ3v) is 1.53. The highest BCUT2D eigenvalue weighted by molar-refractivity contribution is 5.75. The number of carbonyl (C=O) groups is 1. The predicted molar refractivity (Wildman–Crippen MR) is 41.8 cm³/mol. The molecule has 1 heterocycles. The van der Waals surface area contributed by atoms with Gasteiger partial charge in [-0.15, -0.1) is 0 Å². The van der Waals surface area contributed by atoms with E-state index in [1.807, 2.05) is 0 Å². The Kier molecular flexibility index (Phi) is 2.41. The van der Waals surface area contributed by atoms with Gasteiger partial charge in [0, 0.05) is 6.20 Å². The van der Waals surface area contributed by atoms with Crippen LogP contribution in [0, 0.1) is 0 Å². The molecular weight excluding hydrogens is 182 g/mol. The highest BCUT2D eigenvalue weighted by Crippen LogP contribution is 2.19. The molecule has 0 radical (unpaired) electrons. The van der Waals surface area contributed by atoms with Crippen LogP contribution in [0.15, 0.2) is 11.0 Å². The Morgan fingerprint density at radius 3 is 2.62 bits per heavy atom. The Labute approximate surface area is 71.4 Å². The number of aromatic nitrogens is 1. The maximum absolute atomic E-state index is 12.2. The molecular formula is C7H6F2N2O2. The van der Waals surface area contributed by atoms with Crippen molar-refractivity contribution in [3.63, 3.8) is 0 Å². The third-order valence-electron chi connectivity index (χ3n) is 1.53. The molecule has 0 saturated carbocycles. The molecule has 1 aromatic heterocycles. The van der Waals surface area contributed by atoms with E-state index >= 15 is 0 Å². The molecule has 0 saturated heterocycles. The summed E-state index contributed by atoms with van der Waals surface area (Å²) < 4.78 is 24.4. The third kappa shape index (κ3) is 1.56. The summed E-state index contributed by atoms with van der Waals surface area (Å²) in [6, 6.07) is 0. The topological polar surface area (TPSA) is 76.0 Å². The minimum atomic E-state index is -2.98. The highest BCUT2D eigenvalue weighted by Gasteiger charge is 2.18. The van der Waals surface area contributed by atoms with Crippen LogP contribution >= 0.6 is 0 Å². The first-order chi connectivity index (χ1) is 6.07. The van der Waals surface area contributed by atoms with Crippen LogP contribution in [-0.2, 0) is 0 Å². The second kappa shape index (κ2) is 3.34. The number of nitrogens with two attached hydrogens (primary N) is 1. The molecule has 0 aliphatic heterocycles. The lowest BCUT2D eigenvalue weighted by Gasteiger charge is -2.03. The van der Waals surface area contributed by atoms with Gasteiger partial charge in [0.2, 0.25) is 5.43 Å². The van der Waals surface area contributed by atoms with E-state index in [2.05, 4.69) is 4.98 Å². The zero-order valence-corrected chi connectivity index (χ0v) is 6.38. The number of hydrogen-bond acceptors (Lipinski definition) is 3. The van der Waals surface area contributed by atoms with Crippen molar-refractivity contribution in [2.75, 3.05) is 5.73 Å². The fourth-order valence-electron chi connectivity index (χ4n) is 0.881. The molecule has 0 bridgehead atoms. The zero-order chi connectivity index (χ0) is 10.0. The van der Waals surface area contributed by atoms with E-state index in [-0.39, 0.29) is 11.8 Å². The van der Waals surface area contributed by atoms with E-state index in [1.54, 1.807) is 0 Å². The summed E-state index contributed by atoms with van der Waals surface area (Å²) in [5.74, 6) is -0.411. The lowest BCUT2D eigenvalue weighted by molar-refractivity contribution is 0.112. The van der Waals surface area contributed by atoms with E-state index in [1.165, 1.54) is 0 Å². The number of aromatic amines is 1. The minimum Gasteiger partial charge on any atom is -0.385 e. The fourth-order valence-corrected chi connectivity index (χ4v) is 0.881. The Balaban J connectivity index is 3.48. The zero-order valence-electron chi connectivity index (χ0n) is 6.38. The molecule has 13 heavy (non-hydrogen) atoms. The number of rotatable bonds is 2. The number of aldehydes is 1. The van der Waals surface area contributed by atoms with Gasteiger partial charge in [-0.05, 0) is 0 Å².